The zero-order chi connectivity index (χ0) is 25.8. The molecule has 9 nitrogen and oxygen atoms in total. The van der Waals surface area contributed by atoms with Crippen molar-refractivity contribution in [3.63, 3.8) is 0 Å². The van der Waals surface area contributed by atoms with Crippen LogP contribution in [0.2, 0.25) is 5.02 Å². The summed E-state index contributed by atoms with van der Waals surface area (Å²) in [6, 6.07) is 17.8. The van der Waals surface area contributed by atoms with Crippen LogP contribution < -0.4 is 19.7 Å². The number of halogens is 1. The Morgan fingerprint density at radius 3 is 2.56 bits per heavy atom. The predicted octanol–water partition coefficient (Wildman–Crippen LogP) is 4.67. The van der Waals surface area contributed by atoms with Gasteiger partial charge in [-0.15, -0.1) is 0 Å². The van der Waals surface area contributed by atoms with Crippen molar-refractivity contribution >= 4 is 58.2 Å². The predicted molar refractivity (Wildman–Crippen MR) is 138 cm³/mol. The molecule has 0 aliphatic carbocycles. The molecule has 11 heteroatoms. The van der Waals surface area contributed by atoms with Gasteiger partial charge in [0.05, 0.1) is 22.7 Å². The van der Waals surface area contributed by atoms with Crippen LogP contribution >= 0.6 is 23.8 Å². The van der Waals surface area contributed by atoms with E-state index in [-0.39, 0.29) is 39.5 Å². The van der Waals surface area contributed by atoms with Gasteiger partial charge < -0.3 is 9.47 Å². The Bertz CT molecular complexity index is 1410. The van der Waals surface area contributed by atoms with Gasteiger partial charge in [-0.1, -0.05) is 41.9 Å². The molecule has 2 amide bonds. The highest BCUT2D eigenvalue weighted by atomic mass is 35.5. The number of para-hydroxylation sites is 1. The number of nitrogens with one attached hydrogen (secondary N) is 1. The van der Waals surface area contributed by atoms with Crippen LogP contribution in [0.4, 0.5) is 11.4 Å². The number of nitro benzene ring substituents is 1. The molecule has 0 radical (unpaired) electrons. The van der Waals surface area contributed by atoms with Gasteiger partial charge in [0.2, 0.25) is 0 Å². The molecule has 4 rings (SSSR count). The van der Waals surface area contributed by atoms with Crippen LogP contribution in [-0.2, 0) is 16.2 Å². The Labute approximate surface area is 216 Å². The van der Waals surface area contributed by atoms with Gasteiger partial charge in [0.25, 0.3) is 17.5 Å². The third kappa shape index (κ3) is 5.19. The Hall–Kier alpha value is -4.28. The maximum atomic E-state index is 13.2. The molecule has 0 spiro atoms. The second-order valence-electron chi connectivity index (χ2n) is 7.54. The molecule has 3 aromatic carbocycles. The van der Waals surface area contributed by atoms with Crippen molar-refractivity contribution in [2.24, 2.45) is 0 Å². The number of nitrogens with zero attached hydrogens (tertiary/aromatic N) is 2. The lowest BCUT2D eigenvalue weighted by molar-refractivity contribution is -0.384. The second kappa shape index (κ2) is 10.5. The van der Waals surface area contributed by atoms with Gasteiger partial charge in [-0.3, -0.25) is 29.9 Å². The summed E-state index contributed by atoms with van der Waals surface area (Å²) in [6.45, 7) is 0.00255. The molecule has 0 bridgehead atoms. The topological polar surface area (TPSA) is 111 Å². The highest BCUT2D eigenvalue weighted by Gasteiger charge is 2.34. The zero-order valence-electron chi connectivity index (χ0n) is 18.8. The number of rotatable bonds is 7. The van der Waals surface area contributed by atoms with Crippen molar-refractivity contribution in [1.29, 1.82) is 0 Å². The normalized spacial score (nSPS) is 14.6. The Morgan fingerprint density at radius 2 is 1.86 bits per heavy atom. The average Bonchev–Trinajstić information content (AvgIpc) is 2.86. The zero-order valence-corrected chi connectivity index (χ0v) is 20.3. The van der Waals surface area contributed by atoms with Gasteiger partial charge in [0, 0.05) is 12.1 Å². The Kier molecular flexibility index (Phi) is 7.28. The van der Waals surface area contributed by atoms with Crippen molar-refractivity contribution in [2.45, 2.75) is 6.61 Å². The third-order valence-corrected chi connectivity index (χ3v) is 5.75. The highest BCUT2D eigenvalue weighted by molar-refractivity contribution is 7.80. The number of hydrogen-bond donors (Lipinski definition) is 1. The first kappa shape index (κ1) is 24.8. The van der Waals surface area contributed by atoms with Crippen molar-refractivity contribution in [1.82, 2.24) is 5.32 Å². The number of amides is 2. The van der Waals surface area contributed by atoms with E-state index in [1.165, 1.54) is 36.3 Å². The van der Waals surface area contributed by atoms with E-state index in [1.807, 2.05) is 0 Å². The Morgan fingerprint density at radius 1 is 1.11 bits per heavy atom. The van der Waals surface area contributed by atoms with Crippen molar-refractivity contribution in [3.8, 4) is 11.5 Å². The number of methoxy groups -OCH3 is 1. The maximum absolute atomic E-state index is 13.2. The molecule has 1 saturated heterocycles. The summed E-state index contributed by atoms with van der Waals surface area (Å²) in [5.74, 6) is -0.771. The minimum atomic E-state index is -0.640. The van der Waals surface area contributed by atoms with Crippen molar-refractivity contribution in [3.05, 3.63) is 98.6 Å². The molecule has 36 heavy (non-hydrogen) atoms. The highest BCUT2D eigenvalue weighted by Crippen LogP contribution is 2.38. The first-order valence-electron chi connectivity index (χ1n) is 10.5. The standard InChI is InChI=1S/C25H18ClN3O6S/c1-34-21-13-16(12-20(26)22(21)35-14-15-6-5-9-18(10-15)29(32)33)11-19-23(30)27-25(36)28(24(19)31)17-7-3-2-4-8-17/h2-13H,14H2,1H3,(H,27,30,36)/b19-11-. The summed E-state index contributed by atoms with van der Waals surface area (Å²) in [4.78, 5) is 37.5. The number of thiocarbonyl (C=S) groups is 1. The monoisotopic (exact) mass is 523 g/mol. The van der Waals surface area contributed by atoms with E-state index in [2.05, 4.69) is 5.32 Å². The molecular formula is C25H18ClN3O6S. The summed E-state index contributed by atoms with van der Waals surface area (Å²) < 4.78 is 11.2. The van der Waals surface area contributed by atoms with Gasteiger partial charge in [-0.2, -0.15) is 0 Å². The van der Waals surface area contributed by atoms with Crippen LogP contribution in [0.25, 0.3) is 6.08 Å². The smallest absolute Gasteiger partial charge is 0.270 e. The Balaban J connectivity index is 1.62. The number of nitro groups is 1. The largest absolute Gasteiger partial charge is 0.493 e. The summed E-state index contributed by atoms with van der Waals surface area (Å²) in [7, 11) is 1.41. The summed E-state index contributed by atoms with van der Waals surface area (Å²) in [5.41, 5.74) is 1.29. The van der Waals surface area contributed by atoms with Gasteiger partial charge in [0.15, 0.2) is 16.6 Å². The number of carbonyl (C=O) groups is 2. The van der Waals surface area contributed by atoms with E-state index in [0.717, 1.165) is 0 Å². The fraction of sp³-hybridized carbons (Fsp3) is 0.0800. The number of hydrogen-bond acceptors (Lipinski definition) is 7. The van der Waals surface area contributed by atoms with Gasteiger partial charge >= 0.3 is 0 Å². The lowest BCUT2D eigenvalue weighted by Crippen LogP contribution is -2.54. The molecule has 182 valence electrons. The molecular weight excluding hydrogens is 506 g/mol. The number of benzene rings is 3. The SMILES string of the molecule is COc1cc(/C=C2/C(=O)NC(=S)N(c3ccccc3)C2=O)cc(Cl)c1OCc1cccc([N+](=O)[O-])c1. The molecule has 1 N–H and O–H groups in total. The average molecular weight is 524 g/mol. The first-order chi connectivity index (χ1) is 17.3. The first-order valence-corrected chi connectivity index (χ1v) is 11.3. The fourth-order valence-corrected chi connectivity index (χ4v) is 4.07. The molecule has 3 aromatic rings. The van der Waals surface area contributed by atoms with Crippen molar-refractivity contribution in [2.75, 3.05) is 12.0 Å². The molecule has 0 atom stereocenters. The van der Waals surface area contributed by atoms with Crippen LogP contribution in [0.15, 0.2) is 72.3 Å². The minimum Gasteiger partial charge on any atom is -0.493 e. The fourth-order valence-electron chi connectivity index (χ4n) is 3.51. The summed E-state index contributed by atoms with van der Waals surface area (Å²) >= 11 is 11.6. The minimum absolute atomic E-state index is 0.00255. The lowest BCUT2D eigenvalue weighted by atomic mass is 10.1. The summed E-state index contributed by atoms with van der Waals surface area (Å²) in [6.07, 6.45) is 1.38. The summed E-state index contributed by atoms with van der Waals surface area (Å²) in [5, 5.41) is 13.7. The van der Waals surface area contributed by atoms with Crippen LogP contribution in [0.1, 0.15) is 11.1 Å². The molecule has 1 heterocycles. The molecule has 1 fully saturated rings. The number of non-ortho nitro benzene ring substituents is 1. The third-order valence-electron chi connectivity index (χ3n) is 5.18. The molecule has 1 aliphatic rings. The van der Waals surface area contributed by atoms with Crippen LogP contribution in [0.5, 0.6) is 11.5 Å². The quantitative estimate of drug-likeness (QED) is 0.157. The molecule has 1 aliphatic heterocycles. The van der Waals surface area contributed by atoms with Crippen LogP contribution in [0.3, 0.4) is 0 Å². The number of carbonyl (C=O) groups excluding carboxylic acids is 2. The lowest BCUT2D eigenvalue weighted by Gasteiger charge is -2.28. The van der Waals surface area contributed by atoms with E-state index in [0.29, 0.717) is 16.8 Å². The van der Waals surface area contributed by atoms with E-state index < -0.39 is 16.7 Å². The van der Waals surface area contributed by atoms with Crippen LogP contribution in [0, 0.1) is 10.1 Å². The second-order valence-corrected chi connectivity index (χ2v) is 8.34. The van der Waals surface area contributed by atoms with Gasteiger partial charge in [0.1, 0.15) is 12.2 Å². The molecule has 0 aromatic heterocycles. The maximum Gasteiger partial charge on any atom is 0.270 e. The molecule has 0 unspecified atom stereocenters. The number of anilines is 1. The molecule has 0 saturated carbocycles. The van der Waals surface area contributed by atoms with Gasteiger partial charge in [-0.25, -0.2) is 0 Å². The van der Waals surface area contributed by atoms with E-state index in [1.54, 1.807) is 48.5 Å². The van der Waals surface area contributed by atoms with Crippen molar-refractivity contribution < 1.29 is 24.0 Å². The van der Waals surface area contributed by atoms with E-state index in [4.69, 9.17) is 33.3 Å². The van der Waals surface area contributed by atoms with Gasteiger partial charge in [-0.05, 0) is 53.7 Å². The van der Waals surface area contributed by atoms with E-state index >= 15 is 0 Å². The number of ether oxygens (including phenoxy) is 2. The van der Waals surface area contributed by atoms with E-state index in [9.17, 15) is 19.7 Å². The van der Waals surface area contributed by atoms with Crippen LogP contribution in [-0.4, -0.2) is 29.0 Å².